The van der Waals surface area contributed by atoms with Crippen LogP contribution < -0.4 is 29.7 Å². The van der Waals surface area contributed by atoms with E-state index in [1.165, 1.54) is 16.9 Å². The maximum absolute atomic E-state index is 12.7. The number of carbonyl (C=O) groups is 1. The number of thiazole rings is 1. The summed E-state index contributed by atoms with van der Waals surface area (Å²) in [6.45, 7) is 2.71. The number of carbonyl (C=O) groups excluding carboxylic acids is 1. The van der Waals surface area contributed by atoms with Crippen molar-refractivity contribution in [1.82, 2.24) is 15.3 Å². The first-order chi connectivity index (χ1) is 15.6. The van der Waals surface area contributed by atoms with Gasteiger partial charge in [0.1, 0.15) is 17.0 Å². The van der Waals surface area contributed by atoms with E-state index in [2.05, 4.69) is 26.3 Å². The minimum absolute atomic E-state index is 0.138. The Hall–Kier alpha value is -3.23. The van der Waals surface area contributed by atoms with Crippen LogP contribution >= 0.6 is 11.3 Å². The van der Waals surface area contributed by atoms with Gasteiger partial charge in [-0.15, -0.1) is 11.3 Å². The summed E-state index contributed by atoms with van der Waals surface area (Å²) >= 11 is 1.35. The highest BCUT2D eigenvalue weighted by Crippen LogP contribution is 2.41. The van der Waals surface area contributed by atoms with Crippen molar-refractivity contribution in [2.24, 2.45) is 0 Å². The summed E-state index contributed by atoms with van der Waals surface area (Å²) in [5.74, 6) is 0.982. The van der Waals surface area contributed by atoms with Crippen LogP contribution in [0.4, 0.5) is 5.69 Å². The molecule has 32 heavy (non-hydrogen) atoms. The lowest BCUT2D eigenvalue weighted by molar-refractivity contribution is -0.115. The van der Waals surface area contributed by atoms with E-state index >= 15 is 0 Å². The van der Waals surface area contributed by atoms with E-state index in [0.29, 0.717) is 27.9 Å². The minimum atomic E-state index is -0.350. The fraction of sp³-hybridized carbons (Fsp3) is 0.292. The first kappa shape index (κ1) is 19.5. The number of nitrogens with one attached hydrogen (secondary N) is 2. The number of aromatic nitrogens is 2. The fourth-order valence-electron chi connectivity index (χ4n) is 4.40. The number of Topliss-reactive ketones (excluding diaryl/α,β-unsaturated/α-hetero) is 1. The van der Waals surface area contributed by atoms with Gasteiger partial charge in [-0.05, 0) is 54.3 Å². The molecule has 1 aliphatic carbocycles. The van der Waals surface area contributed by atoms with Crippen LogP contribution in [0.3, 0.4) is 0 Å². The molecular weight excluding hydrogens is 424 g/mol. The number of rotatable bonds is 3. The predicted octanol–water partition coefficient (Wildman–Crippen LogP) is 0.915. The van der Waals surface area contributed by atoms with E-state index in [1.807, 2.05) is 30.3 Å². The molecule has 0 radical (unpaired) electrons. The number of ketones is 1. The largest absolute Gasteiger partial charge is 0.490 e. The molecule has 1 saturated heterocycles. The van der Waals surface area contributed by atoms with Crippen molar-refractivity contribution in [2.45, 2.75) is 24.9 Å². The molecule has 0 amide bonds. The second-order valence-electron chi connectivity index (χ2n) is 8.49. The van der Waals surface area contributed by atoms with Crippen LogP contribution in [0.15, 0.2) is 47.5 Å². The molecule has 3 aliphatic rings. The van der Waals surface area contributed by atoms with Crippen molar-refractivity contribution < 1.29 is 9.53 Å². The Balaban J connectivity index is 1.36. The van der Waals surface area contributed by atoms with Gasteiger partial charge in [-0.1, -0.05) is 6.07 Å². The van der Waals surface area contributed by atoms with Crippen LogP contribution in [-0.2, 0) is 11.3 Å². The molecule has 2 aromatic heterocycles. The lowest BCUT2D eigenvalue weighted by atomic mass is 10.1. The fourth-order valence-corrected chi connectivity index (χ4v) is 5.39. The van der Waals surface area contributed by atoms with Crippen LogP contribution in [-0.4, -0.2) is 41.0 Å². The highest BCUT2D eigenvalue weighted by molar-refractivity contribution is 7.07. The van der Waals surface area contributed by atoms with Crippen molar-refractivity contribution in [3.8, 4) is 5.75 Å². The number of hydrogen-bond acceptors (Lipinski definition) is 7. The van der Waals surface area contributed by atoms with Crippen molar-refractivity contribution in [3.63, 3.8) is 0 Å². The summed E-state index contributed by atoms with van der Waals surface area (Å²) in [5, 5.41) is 3.31. The third-order valence-electron chi connectivity index (χ3n) is 6.36. The van der Waals surface area contributed by atoms with E-state index in [9.17, 15) is 9.59 Å². The Morgan fingerprint density at radius 1 is 1.19 bits per heavy atom. The number of pyridine rings is 1. The van der Waals surface area contributed by atoms with Gasteiger partial charge >= 0.3 is 0 Å². The van der Waals surface area contributed by atoms with E-state index in [-0.39, 0.29) is 16.9 Å². The third-order valence-corrected chi connectivity index (χ3v) is 7.44. The van der Waals surface area contributed by atoms with Crippen LogP contribution in [0.25, 0.3) is 11.6 Å². The Bertz CT molecular complexity index is 1390. The first-order valence-electron chi connectivity index (χ1n) is 10.8. The predicted molar refractivity (Wildman–Crippen MR) is 123 cm³/mol. The molecule has 4 heterocycles. The average Bonchev–Trinajstić information content (AvgIpc) is 3.42. The number of aromatic amines is 1. The van der Waals surface area contributed by atoms with E-state index < -0.39 is 0 Å². The van der Waals surface area contributed by atoms with E-state index in [0.717, 1.165) is 42.9 Å². The molecule has 2 fully saturated rings. The van der Waals surface area contributed by atoms with Gasteiger partial charge in [0.05, 0.1) is 22.3 Å². The maximum Gasteiger partial charge on any atom is 0.266 e. The van der Waals surface area contributed by atoms with Crippen LogP contribution in [0.1, 0.15) is 24.0 Å². The van der Waals surface area contributed by atoms with E-state index in [4.69, 9.17) is 4.74 Å². The van der Waals surface area contributed by atoms with Crippen molar-refractivity contribution in [3.05, 3.63) is 73.4 Å². The number of nitrogens with zero attached hydrogens (tertiary/aromatic N) is 2. The van der Waals surface area contributed by atoms with Gasteiger partial charge in [0, 0.05) is 31.1 Å². The second-order valence-corrected chi connectivity index (χ2v) is 9.54. The summed E-state index contributed by atoms with van der Waals surface area (Å²) < 4.78 is 7.11. The summed E-state index contributed by atoms with van der Waals surface area (Å²) in [4.78, 5) is 34.6. The molecule has 6 rings (SSSR count). The van der Waals surface area contributed by atoms with Gasteiger partial charge in [-0.3, -0.25) is 14.6 Å². The number of anilines is 1. The molecule has 8 heteroatoms. The SMILES string of the molecule is O=C1/C(=c2\[nH]c(=O)/c(=C/c3ccc4c(c3)N(Cc3ccncc3)CCO4)s2)CNC12CC2. The number of H-pyrrole nitrogens is 1. The van der Waals surface area contributed by atoms with E-state index in [1.54, 1.807) is 12.4 Å². The zero-order valence-corrected chi connectivity index (χ0v) is 18.2. The highest BCUT2D eigenvalue weighted by Gasteiger charge is 2.54. The molecular formula is C24H22N4O3S. The zero-order valence-electron chi connectivity index (χ0n) is 17.4. The molecule has 1 spiro atoms. The second kappa shape index (κ2) is 7.43. The van der Waals surface area contributed by atoms with Crippen molar-refractivity contribution in [1.29, 1.82) is 0 Å². The number of benzene rings is 1. The molecule has 0 unspecified atom stereocenters. The van der Waals surface area contributed by atoms with Gasteiger partial charge in [0.15, 0.2) is 5.78 Å². The number of fused-ring (bicyclic) bond motifs is 1. The summed E-state index contributed by atoms with van der Waals surface area (Å²) in [6.07, 6.45) is 7.26. The minimum Gasteiger partial charge on any atom is -0.490 e. The number of hydrogen-bond donors (Lipinski definition) is 2. The molecule has 7 nitrogen and oxygen atoms in total. The Labute approximate surface area is 188 Å². The van der Waals surface area contributed by atoms with Gasteiger partial charge < -0.3 is 19.9 Å². The van der Waals surface area contributed by atoms with Gasteiger partial charge in [0.25, 0.3) is 5.56 Å². The first-order valence-corrected chi connectivity index (χ1v) is 11.6. The summed E-state index contributed by atoms with van der Waals surface area (Å²) in [7, 11) is 0. The average molecular weight is 447 g/mol. The Kier molecular flexibility index (Phi) is 4.51. The monoisotopic (exact) mass is 446 g/mol. The lowest BCUT2D eigenvalue weighted by Gasteiger charge is -2.31. The third kappa shape index (κ3) is 3.36. The quantitative estimate of drug-likeness (QED) is 0.622. The molecule has 1 aromatic carbocycles. The normalized spacial score (nSPS) is 21.1. The van der Waals surface area contributed by atoms with Crippen LogP contribution in [0, 0.1) is 0 Å². The standard InChI is InChI=1S/C24H22N4O3S/c29-21-17(13-26-24(21)5-6-24)23-27-22(30)20(32-23)12-16-1-2-19-18(11-16)28(9-10-31-19)14-15-3-7-25-8-4-15/h1-4,7-8,11-12,26H,5-6,9-10,13-14H2,(H,27,30)/b20-12-,23-17+. The lowest BCUT2D eigenvalue weighted by Crippen LogP contribution is -2.32. The van der Waals surface area contributed by atoms with Crippen molar-refractivity contribution >= 4 is 34.5 Å². The van der Waals surface area contributed by atoms with Crippen LogP contribution in [0.5, 0.6) is 5.75 Å². The summed E-state index contributed by atoms with van der Waals surface area (Å²) in [6, 6.07) is 10.0. The molecule has 0 atom stereocenters. The molecule has 2 aliphatic heterocycles. The highest BCUT2D eigenvalue weighted by atomic mass is 32.1. The topological polar surface area (TPSA) is 87.3 Å². The van der Waals surface area contributed by atoms with Crippen molar-refractivity contribution in [2.75, 3.05) is 24.6 Å². The number of ether oxygens (including phenoxy) is 1. The molecule has 1 saturated carbocycles. The van der Waals surface area contributed by atoms with Gasteiger partial charge in [-0.25, -0.2) is 0 Å². The Morgan fingerprint density at radius 2 is 2.03 bits per heavy atom. The smallest absolute Gasteiger partial charge is 0.266 e. The molecule has 3 aromatic rings. The molecule has 0 bridgehead atoms. The van der Waals surface area contributed by atoms with Crippen LogP contribution in [0.2, 0.25) is 0 Å². The zero-order chi connectivity index (χ0) is 21.7. The Morgan fingerprint density at radius 3 is 2.81 bits per heavy atom. The summed E-state index contributed by atoms with van der Waals surface area (Å²) in [5.41, 5.74) is 3.30. The molecule has 2 N–H and O–H groups in total. The van der Waals surface area contributed by atoms with Gasteiger partial charge in [-0.2, -0.15) is 0 Å². The van der Waals surface area contributed by atoms with Gasteiger partial charge in [0.2, 0.25) is 0 Å². The molecule has 162 valence electrons. The maximum atomic E-state index is 12.7.